The molecule has 1 atom stereocenters. The number of rotatable bonds is 2. The molecule has 0 amide bonds. The molecule has 7 heteroatoms. The van der Waals surface area contributed by atoms with E-state index in [1.165, 1.54) is 6.07 Å². The van der Waals surface area contributed by atoms with Crippen molar-refractivity contribution in [2.45, 2.75) is 18.4 Å². The molecule has 19 heavy (non-hydrogen) atoms. The number of esters is 1. The number of azide groups is 1. The molecule has 1 aromatic carbocycles. The average Bonchev–Trinajstić information content (AvgIpc) is 2.41. The molecule has 1 unspecified atom stereocenters. The summed E-state index contributed by atoms with van der Waals surface area (Å²) in [6.07, 6.45) is 0.492. The maximum Gasteiger partial charge on any atom is 0.325 e. The molecule has 0 spiro atoms. The Labute approximate surface area is 113 Å². The van der Waals surface area contributed by atoms with Gasteiger partial charge in [-0.25, -0.2) is 0 Å². The standard InChI is InChI=1S/C12H10ClN3O3/c1-19-11(18)12(15-16-14)5-4-7-6-8(13)2-3-9(7)10(12)17/h2-3,6H,4-5H2,1H3. The van der Waals surface area contributed by atoms with Gasteiger partial charge < -0.3 is 4.74 Å². The quantitative estimate of drug-likeness (QED) is 0.274. The van der Waals surface area contributed by atoms with Crippen LogP contribution in [0.15, 0.2) is 23.3 Å². The van der Waals surface area contributed by atoms with E-state index in [0.717, 1.165) is 12.7 Å². The van der Waals surface area contributed by atoms with Gasteiger partial charge in [0.05, 0.1) is 7.11 Å². The number of fused-ring (bicyclic) bond motifs is 1. The van der Waals surface area contributed by atoms with Crippen LogP contribution in [0.5, 0.6) is 0 Å². The maximum atomic E-state index is 12.4. The number of carbonyl (C=O) groups excluding carboxylic acids is 2. The first-order valence-corrected chi connectivity index (χ1v) is 5.91. The van der Waals surface area contributed by atoms with E-state index in [4.69, 9.17) is 17.1 Å². The highest BCUT2D eigenvalue weighted by Gasteiger charge is 2.49. The molecule has 0 saturated carbocycles. The smallest absolute Gasteiger partial charge is 0.325 e. The zero-order valence-corrected chi connectivity index (χ0v) is 10.8. The number of halogens is 1. The first kappa shape index (κ1) is 13.4. The van der Waals surface area contributed by atoms with Crippen molar-refractivity contribution in [3.8, 4) is 0 Å². The Bertz CT molecular complexity index is 610. The van der Waals surface area contributed by atoms with E-state index in [2.05, 4.69) is 14.8 Å². The topological polar surface area (TPSA) is 92.1 Å². The van der Waals surface area contributed by atoms with Gasteiger partial charge in [0, 0.05) is 15.5 Å². The number of ketones is 1. The summed E-state index contributed by atoms with van der Waals surface area (Å²) in [6.45, 7) is 0. The van der Waals surface area contributed by atoms with Crippen LogP contribution in [0.25, 0.3) is 10.4 Å². The van der Waals surface area contributed by atoms with Gasteiger partial charge in [0.2, 0.25) is 5.54 Å². The number of Topliss-reactive ketones (excluding diaryl/α,β-unsaturated/α-hetero) is 1. The molecule has 0 saturated heterocycles. The summed E-state index contributed by atoms with van der Waals surface area (Å²) in [6, 6.07) is 4.76. The van der Waals surface area contributed by atoms with Gasteiger partial charge in [-0.3, -0.25) is 9.59 Å². The third-order valence-corrected chi connectivity index (χ3v) is 3.42. The SMILES string of the molecule is COC(=O)C1(N=[N+]=[N-])CCc2cc(Cl)ccc2C1=O. The Balaban J connectivity index is 2.57. The Morgan fingerprint density at radius 3 is 2.95 bits per heavy atom. The van der Waals surface area contributed by atoms with Crippen molar-refractivity contribution in [1.29, 1.82) is 0 Å². The molecule has 0 radical (unpaired) electrons. The highest BCUT2D eigenvalue weighted by molar-refractivity contribution is 6.31. The van der Waals surface area contributed by atoms with Crippen LogP contribution in [-0.4, -0.2) is 24.4 Å². The van der Waals surface area contributed by atoms with Gasteiger partial charge in [-0.1, -0.05) is 16.7 Å². The summed E-state index contributed by atoms with van der Waals surface area (Å²) >= 11 is 5.86. The third-order valence-electron chi connectivity index (χ3n) is 3.18. The number of hydrogen-bond acceptors (Lipinski definition) is 4. The molecular formula is C12H10ClN3O3. The number of ether oxygens (including phenoxy) is 1. The van der Waals surface area contributed by atoms with Gasteiger partial charge in [0.1, 0.15) is 0 Å². The van der Waals surface area contributed by atoms with Crippen LogP contribution in [0.3, 0.4) is 0 Å². The molecule has 0 aliphatic heterocycles. The number of carbonyl (C=O) groups is 2. The van der Waals surface area contributed by atoms with Crippen LogP contribution >= 0.6 is 11.6 Å². The second kappa shape index (κ2) is 4.91. The van der Waals surface area contributed by atoms with Gasteiger partial charge in [0.15, 0.2) is 5.78 Å². The lowest BCUT2D eigenvalue weighted by molar-refractivity contribution is -0.145. The number of nitrogens with zero attached hydrogens (tertiary/aromatic N) is 3. The molecule has 1 aromatic rings. The summed E-state index contributed by atoms with van der Waals surface area (Å²) in [7, 11) is 1.15. The summed E-state index contributed by atoms with van der Waals surface area (Å²) in [5.74, 6) is -1.38. The molecule has 0 bridgehead atoms. The zero-order chi connectivity index (χ0) is 14.0. The van der Waals surface area contributed by atoms with E-state index < -0.39 is 17.3 Å². The highest BCUT2D eigenvalue weighted by Crippen LogP contribution is 2.34. The van der Waals surface area contributed by atoms with Crippen molar-refractivity contribution in [3.05, 3.63) is 44.8 Å². The number of methoxy groups -OCH3 is 1. The Kier molecular flexibility index (Phi) is 3.46. The predicted molar refractivity (Wildman–Crippen MR) is 68.0 cm³/mol. The normalized spacial score (nSPS) is 21.3. The van der Waals surface area contributed by atoms with Crippen LogP contribution < -0.4 is 0 Å². The fourth-order valence-corrected chi connectivity index (χ4v) is 2.41. The second-order valence-corrected chi connectivity index (χ2v) is 4.61. The molecule has 1 aliphatic rings. The minimum absolute atomic E-state index is 0.0793. The van der Waals surface area contributed by atoms with Gasteiger partial charge in [-0.2, -0.15) is 0 Å². The molecule has 0 aromatic heterocycles. The van der Waals surface area contributed by atoms with Crippen LogP contribution in [0.1, 0.15) is 22.3 Å². The van der Waals surface area contributed by atoms with Crippen molar-refractivity contribution in [1.82, 2.24) is 0 Å². The van der Waals surface area contributed by atoms with E-state index in [-0.39, 0.29) is 6.42 Å². The van der Waals surface area contributed by atoms with Crippen LogP contribution in [0.2, 0.25) is 5.02 Å². The monoisotopic (exact) mass is 279 g/mol. The largest absolute Gasteiger partial charge is 0.468 e. The van der Waals surface area contributed by atoms with Crippen molar-refractivity contribution in [2.75, 3.05) is 7.11 Å². The lowest BCUT2D eigenvalue weighted by Crippen LogP contribution is -2.48. The molecule has 98 valence electrons. The highest BCUT2D eigenvalue weighted by atomic mass is 35.5. The van der Waals surface area contributed by atoms with Gasteiger partial charge in [-0.15, -0.1) is 0 Å². The summed E-state index contributed by atoms with van der Waals surface area (Å²) in [4.78, 5) is 26.9. The zero-order valence-electron chi connectivity index (χ0n) is 10.1. The van der Waals surface area contributed by atoms with Crippen LogP contribution in [0, 0.1) is 0 Å². The van der Waals surface area contributed by atoms with E-state index >= 15 is 0 Å². The summed E-state index contributed by atoms with van der Waals surface area (Å²) in [5.41, 5.74) is 7.90. The number of benzene rings is 1. The molecule has 6 nitrogen and oxygen atoms in total. The molecule has 0 N–H and O–H groups in total. The van der Waals surface area contributed by atoms with Crippen molar-refractivity contribution in [3.63, 3.8) is 0 Å². The van der Waals surface area contributed by atoms with Crippen LogP contribution in [0.4, 0.5) is 0 Å². The minimum Gasteiger partial charge on any atom is -0.468 e. The van der Waals surface area contributed by atoms with Crippen molar-refractivity contribution in [2.24, 2.45) is 5.11 Å². The number of hydrogen-bond donors (Lipinski definition) is 0. The molecular weight excluding hydrogens is 270 g/mol. The van der Waals surface area contributed by atoms with Crippen molar-refractivity contribution < 1.29 is 14.3 Å². The van der Waals surface area contributed by atoms with Gasteiger partial charge >= 0.3 is 5.97 Å². The fourth-order valence-electron chi connectivity index (χ4n) is 2.22. The minimum atomic E-state index is -1.80. The Hall–Kier alpha value is -2.04. The Morgan fingerprint density at radius 2 is 2.32 bits per heavy atom. The van der Waals surface area contributed by atoms with E-state index in [9.17, 15) is 9.59 Å². The average molecular weight is 280 g/mol. The summed E-state index contributed by atoms with van der Waals surface area (Å²) < 4.78 is 4.60. The van der Waals surface area contributed by atoms with Crippen molar-refractivity contribution >= 4 is 23.4 Å². The summed E-state index contributed by atoms with van der Waals surface area (Å²) in [5, 5.41) is 3.93. The maximum absolute atomic E-state index is 12.4. The van der Waals surface area contributed by atoms with Crippen LogP contribution in [-0.2, 0) is 16.0 Å². The fraction of sp³-hybridized carbons (Fsp3) is 0.333. The van der Waals surface area contributed by atoms with Gasteiger partial charge in [-0.05, 0) is 42.1 Å². The molecule has 0 fully saturated rings. The molecule has 0 heterocycles. The lowest BCUT2D eigenvalue weighted by Gasteiger charge is -2.29. The predicted octanol–water partition coefficient (Wildman–Crippen LogP) is 2.69. The van der Waals surface area contributed by atoms with Gasteiger partial charge in [0.25, 0.3) is 0 Å². The third kappa shape index (κ3) is 2.05. The van der Waals surface area contributed by atoms with E-state index in [1.54, 1.807) is 12.1 Å². The number of aryl methyl sites for hydroxylation is 1. The molecule has 2 rings (SSSR count). The van der Waals surface area contributed by atoms with E-state index in [0.29, 0.717) is 17.0 Å². The first-order chi connectivity index (χ1) is 9.05. The molecule has 1 aliphatic carbocycles. The first-order valence-electron chi connectivity index (χ1n) is 5.53. The second-order valence-electron chi connectivity index (χ2n) is 4.17. The Morgan fingerprint density at radius 1 is 1.58 bits per heavy atom. The van der Waals surface area contributed by atoms with E-state index in [1.807, 2.05) is 0 Å². The lowest BCUT2D eigenvalue weighted by atomic mass is 9.77.